The molecule has 3 nitrogen and oxygen atoms in total. The number of aromatic hydroxyl groups is 2. The quantitative estimate of drug-likeness (QED) is 0.704. The maximum atomic E-state index is 10.2. The summed E-state index contributed by atoms with van der Waals surface area (Å²) in [6, 6.07) is 13.9. The van der Waals surface area contributed by atoms with Crippen LogP contribution in [0.4, 0.5) is 0 Å². The Morgan fingerprint density at radius 3 is 2.57 bits per heavy atom. The molecule has 4 rings (SSSR count). The van der Waals surface area contributed by atoms with Gasteiger partial charge in [0, 0.05) is 24.6 Å². The van der Waals surface area contributed by atoms with Crippen molar-refractivity contribution in [3.05, 3.63) is 64.7 Å². The first-order chi connectivity index (χ1) is 10.3. The van der Waals surface area contributed by atoms with Crippen molar-refractivity contribution < 1.29 is 10.2 Å². The highest BCUT2D eigenvalue weighted by atomic mass is 16.3. The molecule has 0 bridgehead atoms. The van der Waals surface area contributed by atoms with E-state index in [9.17, 15) is 10.2 Å². The SMILES string of the molecule is Oc1ccc2c(c1O)CC(c1ccccc1)C1=C2CNC1. The van der Waals surface area contributed by atoms with Crippen LogP contribution < -0.4 is 5.32 Å². The fraction of sp³-hybridized carbons (Fsp3) is 0.222. The molecule has 0 fully saturated rings. The monoisotopic (exact) mass is 279 g/mol. The van der Waals surface area contributed by atoms with Crippen LogP contribution in [-0.4, -0.2) is 23.3 Å². The van der Waals surface area contributed by atoms with Gasteiger partial charge in [-0.05, 0) is 34.8 Å². The number of hydrogen-bond donors (Lipinski definition) is 3. The van der Waals surface area contributed by atoms with Crippen molar-refractivity contribution in [1.29, 1.82) is 0 Å². The highest BCUT2D eigenvalue weighted by Gasteiger charge is 2.32. The molecule has 3 heteroatoms. The van der Waals surface area contributed by atoms with E-state index < -0.39 is 0 Å². The molecule has 21 heavy (non-hydrogen) atoms. The Morgan fingerprint density at radius 2 is 1.76 bits per heavy atom. The lowest BCUT2D eigenvalue weighted by Crippen LogP contribution is -2.15. The first kappa shape index (κ1) is 12.5. The fourth-order valence-electron chi connectivity index (χ4n) is 3.59. The second-order valence-corrected chi connectivity index (χ2v) is 5.73. The van der Waals surface area contributed by atoms with E-state index in [0.717, 1.165) is 30.6 Å². The van der Waals surface area contributed by atoms with Crippen LogP contribution in [0.5, 0.6) is 11.5 Å². The van der Waals surface area contributed by atoms with Crippen LogP contribution >= 0.6 is 0 Å². The summed E-state index contributed by atoms with van der Waals surface area (Å²) in [5, 5.41) is 23.4. The third-order valence-electron chi connectivity index (χ3n) is 4.62. The fourth-order valence-corrected chi connectivity index (χ4v) is 3.59. The Kier molecular flexibility index (Phi) is 2.76. The second kappa shape index (κ2) is 4.64. The summed E-state index contributed by atoms with van der Waals surface area (Å²) in [4.78, 5) is 0. The standard InChI is InChI=1S/C18H17NO2/c20-17-7-6-12-14(18(17)21)8-13(11-4-2-1-3-5-11)16-10-19-9-15(12)16/h1-7,13,19-21H,8-10H2. The normalized spacial score (nSPS) is 20.3. The summed E-state index contributed by atoms with van der Waals surface area (Å²) in [7, 11) is 0. The van der Waals surface area contributed by atoms with Gasteiger partial charge in [-0.25, -0.2) is 0 Å². The molecular weight excluding hydrogens is 262 g/mol. The van der Waals surface area contributed by atoms with E-state index in [4.69, 9.17) is 0 Å². The van der Waals surface area contributed by atoms with Gasteiger partial charge in [0.05, 0.1) is 0 Å². The number of benzene rings is 2. The van der Waals surface area contributed by atoms with Gasteiger partial charge < -0.3 is 15.5 Å². The largest absolute Gasteiger partial charge is 0.504 e. The number of phenolic OH excluding ortho intramolecular Hbond substituents is 2. The highest BCUT2D eigenvalue weighted by molar-refractivity contribution is 5.80. The van der Waals surface area contributed by atoms with Crippen LogP contribution in [0.15, 0.2) is 48.0 Å². The van der Waals surface area contributed by atoms with Crippen LogP contribution in [0, 0.1) is 0 Å². The molecule has 0 radical (unpaired) electrons. The molecule has 0 saturated heterocycles. The Labute approximate surface area is 123 Å². The summed E-state index contributed by atoms with van der Waals surface area (Å²) in [5.41, 5.74) is 5.91. The van der Waals surface area contributed by atoms with Gasteiger partial charge in [-0.3, -0.25) is 0 Å². The Morgan fingerprint density at radius 1 is 0.952 bits per heavy atom. The Hall–Kier alpha value is -2.26. The second-order valence-electron chi connectivity index (χ2n) is 5.73. The summed E-state index contributed by atoms with van der Waals surface area (Å²) in [5.74, 6) is 0.277. The average Bonchev–Trinajstić information content (AvgIpc) is 3.00. The predicted molar refractivity (Wildman–Crippen MR) is 82.4 cm³/mol. The van der Waals surface area contributed by atoms with E-state index >= 15 is 0 Å². The highest BCUT2D eigenvalue weighted by Crippen LogP contribution is 2.46. The Balaban J connectivity index is 1.90. The summed E-state index contributed by atoms with van der Waals surface area (Å²) >= 11 is 0. The number of phenols is 2. The van der Waals surface area contributed by atoms with E-state index in [1.54, 1.807) is 6.07 Å². The zero-order chi connectivity index (χ0) is 14.4. The van der Waals surface area contributed by atoms with Crippen LogP contribution in [0.1, 0.15) is 22.6 Å². The number of nitrogens with one attached hydrogen (secondary N) is 1. The van der Waals surface area contributed by atoms with E-state index in [1.807, 2.05) is 12.1 Å². The molecular formula is C18H17NO2. The van der Waals surface area contributed by atoms with Crippen molar-refractivity contribution in [3.63, 3.8) is 0 Å². The van der Waals surface area contributed by atoms with Gasteiger partial charge in [0.15, 0.2) is 11.5 Å². The molecule has 2 aromatic rings. The molecule has 0 amide bonds. The van der Waals surface area contributed by atoms with Crippen molar-refractivity contribution in [3.8, 4) is 11.5 Å². The first-order valence-electron chi connectivity index (χ1n) is 7.27. The van der Waals surface area contributed by atoms with Crippen LogP contribution in [0.3, 0.4) is 0 Å². The molecule has 106 valence electrons. The molecule has 3 N–H and O–H groups in total. The predicted octanol–water partition coefficient (Wildman–Crippen LogP) is 2.79. The van der Waals surface area contributed by atoms with Crippen LogP contribution in [0.25, 0.3) is 5.57 Å². The smallest absolute Gasteiger partial charge is 0.161 e. The van der Waals surface area contributed by atoms with Gasteiger partial charge in [-0.1, -0.05) is 36.4 Å². The van der Waals surface area contributed by atoms with Gasteiger partial charge in [0.2, 0.25) is 0 Å². The zero-order valence-electron chi connectivity index (χ0n) is 11.6. The summed E-state index contributed by atoms with van der Waals surface area (Å²) < 4.78 is 0. The summed E-state index contributed by atoms with van der Waals surface area (Å²) in [6.07, 6.45) is 0.736. The third-order valence-corrected chi connectivity index (χ3v) is 4.62. The number of fused-ring (bicyclic) bond motifs is 2. The van der Waals surface area contributed by atoms with Gasteiger partial charge >= 0.3 is 0 Å². The van der Waals surface area contributed by atoms with Gasteiger partial charge in [0.1, 0.15) is 0 Å². The van der Waals surface area contributed by atoms with Crippen molar-refractivity contribution in [2.45, 2.75) is 12.3 Å². The average molecular weight is 279 g/mol. The number of hydrogen-bond acceptors (Lipinski definition) is 3. The lowest BCUT2D eigenvalue weighted by Gasteiger charge is -2.28. The molecule has 2 aliphatic rings. The maximum Gasteiger partial charge on any atom is 0.161 e. The van der Waals surface area contributed by atoms with E-state index in [-0.39, 0.29) is 17.4 Å². The topological polar surface area (TPSA) is 52.5 Å². The van der Waals surface area contributed by atoms with Gasteiger partial charge in [-0.15, -0.1) is 0 Å². The van der Waals surface area contributed by atoms with Crippen molar-refractivity contribution in [1.82, 2.24) is 5.32 Å². The maximum absolute atomic E-state index is 10.2. The molecule has 1 aliphatic heterocycles. The lowest BCUT2D eigenvalue weighted by atomic mass is 9.76. The van der Waals surface area contributed by atoms with E-state index in [1.165, 1.54) is 16.7 Å². The van der Waals surface area contributed by atoms with E-state index in [0.29, 0.717) is 0 Å². The molecule has 1 heterocycles. The van der Waals surface area contributed by atoms with E-state index in [2.05, 4.69) is 29.6 Å². The van der Waals surface area contributed by atoms with Crippen molar-refractivity contribution in [2.75, 3.05) is 13.1 Å². The van der Waals surface area contributed by atoms with Crippen LogP contribution in [0.2, 0.25) is 0 Å². The van der Waals surface area contributed by atoms with Crippen LogP contribution in [-0.2, 0) is 6.42 Å². The minimum atomic E-state index is -0.0319. The molecule has 0 saturated carbocycles. The van der Waals surface area contributed by atoms with Crippen molar-refractivity contribution in [2.24, 2.45) is 0 Å². The molecule has 2 aromatic carbocycles. The van der Waals surface area contributed by atoms with Gasteiger partial charge in [0.25, 0.3) is 0 Å². The molecule has 1 unspecified atom stereocenters. The minimum Gasteiger partial charge on any atom is -0.504 e. The van der Waals surface area contributed by atoms with Gasteiger partial charge in [-0.2, -0.15) is 0 Å². The minimum absolute atomic E-state index is 0.0319. The first-order valence-corrected chi connectivity index (χ1v) is 7.27. The lowest BCUT2D eigenvalue weighted by molar-refractivity contribution is 0.398. The number of rotatable bonds is 1. The van der Waals surface area contributed by atoms with Crippen molar-refractivity contribution >= 4 is 5.57 Å². The zero-order valence-corrected chi connectivity index (χ0v) is 11.6. The summed E-state index contributed by atoms with van der Waals surface area (Å²) in [6.45, 7) is 1.73. The molecule has 0 spiro atoms. The molecule has 1 atom stereocenters. The third kappa shape index (κ3) is 1.85. The Bertz CT molecular complexity index is 734. The molecule has 1 aliphatic carbocycles. The molecule has 0 aromatic heterocycles.